The molecule has 1 atom stereocenters. The van der Waals surface area contributed by atoms with E-state index in [1.54, 1.807) is 25.1 Å². The highest BCUT2D eigenvalue weighted by Gasteiger charge is 2.39. The molecule has 3 aromatic rings. The minimum atomic E-state index is -3.38. The molecule has 0 bridgehead atoms. The van der Waals surface area contributed by atoms with Gasteiger partial charge >= 0.3 is 6.03 Å². The molecule has 0 spiro atoms. The lowest BCUT2D eigenvalue weighted by Gasteiger charge is -2.18. The highest BCUT2D eigenvalue weighted by Crippen LogP contribution is 2.31. The van der Waals surface area contributed by atoms with Gasteiger partial charge in [0.1, 0.15) is 6.04 Å². The van der Waals surface area contributed by atoms with Gasteiger partial charge in [0.25, 0.3) is 5.91 Å². The maximum absolute atomic E-state index is 12.9. The molecule has 2 aliphatic heterocycles. The quantitative estimate of drug-likeness (QED) is 0.397. The smallest absolute Gasteiger partial charge is 0.325 e. The minimum absolute atomic E-state index is 0.000970. The number of aromatic nitrogens is 1. The largest absolute Gasteiger partial charge is 0.361 e. The number of nitrogens with zero attached hydrogens (tertiary/aromatic N) is 2. The van der Waals surface area contributed by atoms with Crippen LogP contribution in [-0.4, -0.2) is 60.9 Å². The van der Waals surface area contributed by atoms with Gasteiger partial charge in [-0.2, -0.15) is 0 Å². The molecule has 2 aromatic carbocycles. The minimum Gasteiger partial charge on any atom is -0.361 e. The lowest BCUT2D eigenvalue weighted by Crippen LogP contribution is -2.36. The van der Waals surface area contributed by atoms with Gasteiger partial charge in [0.05, 0.1) is 18.0 Å². The van der Waals surface area contributed by atoms with Crippen LogP contribution in [0.4, 0.5) is 10.5 Å². The Bertz CT molecular complexity index is 1430. The maximum Gasteiger partial charge on any atom is 0.325 e. The van der Waals surface area contributed by atoms with Crippen molar-refractivity contribution < 1.29 is 22.8 Å². The SMILES string of the molecule is CCS(=O)(=O)N1CCc2cc(C(=O)CN3C(=O)N[C@H](Cc4c[nH]c5ccccc45)C3=O)ccc21. The third-order valence-electron chi connectivity index (χ3n) is 6.46. The summed E-state index contributed by atoms with van der Waals surface area (Å²) in [4.78, 5) is 42.4. The first kappa shape index (κ1) is 22.1. The molecule has 10 heteroatoms. The summed E-state index contributed by atoms with van der Waals surface area (Å²) in [7, 11) is -3.38. The summed E-state index contributed by atoms with van der Waals surface area (Å²) < 4.78 is 25.9. The van der Waals surface area contributed by atoms with Gasteiger partial charge in [0, 0.05) is 35.6 Å². The number of fused-ring (bicyclic) bond motifs is 2. The van der Waals surface area contributed by atoms with Gasteiger partial charge in [-0.05, 0) is 48.7 Å². The highest BCUT2D eigenvalue weighted by atomic mass is 32.2. The van der Waals surface area contributed by atoms with E-state index in [2.05, 4.69) is 10.3 Å². The van der Waals surface area contributed by atoms with E-state index in [1.165, 1.54) is 4.31 Å². The van der Waals surface area contributed by atoms with Gasteiger partial charge in [-0.3, -0.25) is 18.8 Å². The summed E-state index contributed by atoms with van der Waals surface area (Å²) in [6.07, 6.45) is 2.65. The third-order valence-corrected chi connectivity index (χ3v) is 8.24. The van der Waals surface area contributed by atoms with Crippen molar-refractivity contribution in [2.75, 3.05) is 23.1 Å². The predicted octanol–water partition coefficient (Wildman–Crippen LogP) is 2.23. The first-order valence-electron chi connectivity index (χ1n) is 11.1. The fourth-order valence-electron chi connectivity index (χ4n) is 4.61. The van der Waals surface area contributed by atoms with E-state index < -0.39 is 28.0 Å². The first-order valence-corrected chi connectivity index (χ1v) is 12.7. The number of Topliss-reactive ketones (excluding diaryl/α,β-unsaturated/α-hetero) is 1. The van der Waals surface area contributed by atoms with Crippen molar-refractivity contribution in [1.29, 1.82) is 0 Å². The van der Waals surface area contributed by atoms with Crippen LogP contribution in [0, 0.1) is 0 Å². The molecule has 3 amide bonds. The number of sulfonamides is 1. The number of para-hydroxylation sites is 1. The van der Waals surface area contributed by atoms with Crippen LogP contribution in [0.5, 0.6) is 0 Å². The number of hydrogen-bond acceptors (Lipinski definition) is 5. The number of H-pyrrole nitrogens is 1. The molecule has 0 saturated carbocycles. The molecule has 1 fully saturated rings. The van der Waals surface area contributed by atoms with E-state index >= 15 is 0 Å². The van der Waals surface area contributed by atoms with Gasteiger partial charge < -0.3 is 10.3 Å². The number of imide groups is 1. The molecule has 34 heavy (non-hydrogen) atoms. The molecule has 1 saturated heterocycles. The monoisotopic (exact) mass is 480 g/mol. The van der Waals surface area contributed by atoms with E-state index in [9.17, 15) is 22.8 Å². The zero-order chi connectivity index (χ0) is 24.0. The fourth-order valence-corrected chi connectivity index (χ4v) is 5.77. The standard InChI is InChI=1S/C24H24N4O5S/c1-2-34(32,33)28-10-9-15-11-16(7-8-21(15)28)22(29)14-27-23(30)20(26-24(27)31)12-17-13-25-19-6-4-3-5-18(17)19/h3-8,11,13,20,25H,2,9-10,12,14H2,1H3,(H,26,31)/t20-/m1/s1. The lowest BCUT2D eigenvalue weighted by molar-refractivity contribution is -0.127. The normalized spacial score (nSPS) is 18.0. The maximum atomic E-state index is 12.9. The number of benzene rings is 2. The molecule has 176 valence electrons. The molecular formula is C24H24N4O5S. The van der Waals surface area contributed by atoms with Crippen molar-refractivity contribution in [2.45, 2.75) is 25.8 Å². The highest BCUT2D eigenvalue weighted by molar-refractivity contribution is 7.92. The Morgan fingerprint density at radius 3 is 2.74 bits per heavy atom. The Kier molecular flexibility index (Phi) is 5.40. The third kappa shape index (κ3) is 3.73. The average Bonchev–Trinajstić information content (AvgIpc) is 3.51. The number of amides is 3. The zero-order valence-electron chi connectivity index (χ0n) is 18.6. The molecular weight excluding hydrogens is 456 g/mol. The predicted molar refractivity (Wildman–Crippen MR) is 127 cm³/mol. The van der Waals surface area contributed by atoms with Crippen LogP contribution in [0.25, 0.3) is 10.9 Å². The topological polar surface area (TPSA) is 120 Å². The summed E-state index contributed by atoms with van der Waals surface area (Å²) in [6.45, 7) is 1.56. The van der Waals surface area contributed by atoms with E-state index in [-0.39, 0.29) is 18.1 Å². The van der Waals surface area contributed by atoms with Crippen molar-refractivity contribution >= 4 is 44.3 Å². The van der Waals surface area contributed by atoms with Gasteiger partial charge in [0.15, 0.2) is 5.78 Å². The van der Waals surface area contributed by atoms with Crippen molar-refractivity contribution in [1.82, 2.24) is 15.2 Å². The van der Waals surface area contributed by atoms with E-state index in [1.807, 2.05) is 30.5 Å². The number of aromatic amines is 1. The van der Waals surface area contributed by atoms with E-state index in [4.69, 9.17) is 0 Å². The van der Waals surface area contributed by atoms with Gasteiger partial charge in [-0.1, -0.05) is 18.2 Å². The number of hydrogen-bond donors (Lipinski definition) is 2. The molecule has 2 N–H and O–H groups in total. The average molecular weight is 481 g/mol. The molecule has 0 radical (unpaired) electrons. The number of urea groups is 1. The molecule has 9 nitrogen and oxygen atoms in total. The van der Waals surface area contributed by atoms with Crippen LogP contribution < -0.4 is 9.62 Å². The number of ketones is 1. The lowest BCUT2D eigenvalue weighted by atomic mass is 10.0. The van der Waals surface area contributed by atoms with Gasteiger partial charge in [0.2, 0.25) is 10.0 Å². The zero-order valence-corrected chi connectivity index (χ0v) is 19.4. The second kappa shape index (κ2) is 8.28. The number of carbonyl (C=O) groups excluding carboxylic acids is 3. The van der Waals surface area contributed by atoms with Crippen molar-refractivity contribution in [2.24, 2.45) is 0 Å². The Balaban J connectivity index is 1.30. The molecule has 2 aliphatic rings. The van der Waals surface area contributed by atoms with Crippen LogP contribution in [-0.2, 0) is 27.7 Å². The fraction of sp³-hybridized carbons (Fsp3) is 0.292. The van der Waals surface area contributed by atoms with Crippen molar-refractivity contribution in [3.05, 3.63) is 65.4 Å². The second-order valence-electron chi connectivity index (χ2n) is 8.48. The molecule has 0 aliphatic carbocycles. The van der Waals surface area contributed by atoms with E-state index in [0.29, 0.717) is 30.6 Å². The molecule has 3 heterocycles. The van der Waals surface area contributed by atoms with Crippen LogP contribution in [0.3, 0.4) is 0 Å². The van der Waals surface area contributed by atoms with Crippen molar-refractivity contribution in [3.8, 4) is 0 Å². The van der Waals surface area contributed by atoms with Gasteiger partial charge in [-0.15, -0.1) is 0 Å². The van der Waals surface area contributed by atoms with Crippen LogP contribution in [0.15, 0.2) is 48.7 Å². The van der Waals surface area contributed by atoms with Crippen molar-refractivity contribution in [3.63, 3.8) is 0 Å². The summed E-state index contributed by atoms with van der Waals surface area (Å²) in [5.41, 5.74) is 3.54. The first-order chi connectivity index (χ1) is 16.3. The number of nitrogens with one attached hydrogen (secondary N) is 2. The Morgan fingerprint density at radius 1 is 1.15 bits per heavy atom. The molecule has 5 rings (SSSR count). The molecule has 1 aromatic heterocycles. The summed E-state index contributed by atoms with van der Waals surface area (Å²) in [5, 5.41) is 3.66. The number of rotatable bonds is 7. The summed E-state index contributed by atoms with van der Waals surface area (Å²) >= 11 is 0. The summed E-state index contributed by atoms with van der Waals surface area (Å²) in [6, 6.07) is 11.2. The van der Waals surface area contributed by atoms with Crippen LogP contribution >= 0.6 is 0 Å². The summed E-state index contributed by atoms with van der Waals surface area (Å²) in [5.74, 6) is -0.820. The van der Waals surface area contributed by atoms with Gasteiger partial charge in [-0.25, -0.2) is 13.2 Å². The Hall–Kier alpha value is -3.66. The van der Waals surface area contributed by atoms with E-state index in [0.717, 1.165) is 26.9 Å². The molecule has 0 unspecified atom stereocenters. The van der Waals surface area contributed by atoms with Crippen LogP contribution in [0.1, 0.15) is 28.4 Å². The van der Waals surface area contributed by atoms with Crippen LogP contribution in [0.2, 0.25) is 0 Å². The Labute approximate surface area is 196 Å². The number of anilines is 1. The number of carbonyl (C=O) groups is 3. The second-order valence-corrected chi connectivity index (χ2v) is 10.7. The Morgan fingerprint density at radius 2 is 1.94 bits per heavy atom.